The van der Waals surface area contributed by atoms with E-state index in [4.69, 9.17) is 26.8 Å². The zero-order valence-electron chi connectivity index (χ0n) is 11.6. The number of nitrogens with two attached hydrogens (primary N) is 1. The summed E-state index contributed by atoms with van der Waals surface area (Å²) in [5, 5.41) is 0.618. The van der Waals surface area contributed by atoms with Crippen molar-refractivity contribution >= 4 is 11.6 Å². The van der Waals surface area contributed by atoms with Gasteiger partial charge in [-0.2, -0.15) is 0 Å². The SMILES string of the molecule is NCC(c1cc(Cl)c2c(c1)OCCO2)N1CCCCC1. The Morgan fingerprint density at radius 3 is 2.65 bits per heavy atom. The van der Waals surface area contributed by atoms with Gasteiger partial charge in [0.1, 0.15) is 13.2 Å². The summed E-state index contributed by atoms with van der Waals surface area (Å²) in [5.74, 6) is 1.41. The van der Waals surface area contributed by atoms with Gasteiger partial charge < -0.3 is 15.2 Å². The summed E-state index contributed by atoms with van der Waals surface area (Å²) >= 11 is 6.32. The smallest absolute Gasteiger partial charge is 0.179 e. The topological polar surface area (TPSA) is 47.7 Å². The molecule has 1 atom stereocenters. The van der Waals surface area contributed by atoms with Gasteiger partial charge in [-0.15, -0.1) is 0 Å². The van der Waals surface area contributed by atoms with Gasteiger partial charge in [-0.3, -0.25) is 4.90 Å². The fourth-order valence-electron chi connectivity index (χ4n) is 3.05. The molecule has 0 saturated carbocycles. The Labute approximate surface area is 124 Å². The van der Waals surface area contributed by atoms with Crippen LogP contribution in [0.25, 0.3) is 0 Å². The molecule has 0 aromatic heterocycles. The summed E-state index contributed by atoms with van der Waals surface area (Å²) in [6.07, 6.45) is 3.80. The number of ether oxygens (including phenoxy) is 2. The molecule has 110 valence electrons. The Balaban J connectivity index is 1.89. The molecule has 2 heterocycles. The number of halogens is 1. The normalized spacial score (nSPS) is 20.7. The Hall–Kier alpha value is -0.970. The molecule has 1 aromatic rings. The fourth-order valence-corrected chi connectivity index (χ4v) is 3.32. The third-order valence-corrected chi connectivity index (χ3v) is 4.34. The first-order chi connectivity index (χ1) is 9.79. The molecule has 2 N–H and O–H groups in total. The van der Waals surface area contributed by atoms with Crippen LogP contribution in [0.2, 0.25) is 5.02 Å². The predicted octanol–water partition coefficient (Wildman–Crippen LogP) is 2.60. The highest BCUT2D eigenvalue weighted by Crippen LogP contribution is 2.40. The molecule has 5 heteroatoms. The van der Waals surface area contributed by atoms with E-state index in [9.17, 15) is 0 Å². The van der Waals surface area contributed by atoms with Crippen molar-refractivity contribution in [2.24, 2.45) is 5.73 Å². The Morgan fingerprint density at radius 1 is 1.15 bits per heavy atom. The zero-order chi connectivity index (χ0) is 13.9. The van der Waals surface area contributed by atoms with Gasteiger partial charge in [0.05, 0.1) is 5.02 Å². The van der Waals surface area contributed by atoms with Gasteiger partial charge in [0.15, 0.2) is 11.5 Å². The van der Waals surface area contributed by atoms with Crippen molar-refractivity contribution in [3.63, 3.8) is 0 Å². The Kier molecular flexibility index (Phi) is 4.34. The molecule has 0 bridgehead atoms. The van der Waals surface area contributed by atoms with Gasteiger partial charge in [-0.25, -0.2) is 0 Å². The maximum absolute atomic E-state index is 6.32. The van der Waals surface area contributed by atoms with Gasteiger partial charge in [0.2, 0.25) is 0 Å². The van der Waals surface area contributed by atoms with Crippen LogP contribution in [0, 0.1) is 0 Å². The molecule has 0 radical (unpaired) electrons. The largest absolute Gasteiger partial charge is 0.486 e. The Morgan fingerprint density at radius 2 is 1.90 bits per heavy atom. The second kappa shape index (κ2) is 6.20. The number of likely N-dealkylation sites (tertiary alicyclic amines) is 1. The molecule has 2 aliphatic heterocycles. The summed E-state index contributed by atoms with van der Waals surface area (Å²) in [6, 6.07) is 4.22. The number of fused-ring (bicyclic) bond motifs is 1. The second-order valence-corrected chi connectivity index (χ2v) is 5.78. The number of hydrogen-bond acceptors (Lipinski definition) is 4. The molecule has 0 amide bonds. The minimum absolute atomic E-state index is 0.212. The summed E-state index contributed by atoms with van der Waals surface area (Å²) in [6.45, 7) is 3.93. The van der Waals surface area contributed by atoms with Crippen LogP contribution in [0.1, 0.15) is 30.9 Å². The lowest BCUT2D eigenvalue weighted by atomic mass is 10.0. The van der Waals surface area contributed by atoms with Crippen LogP contribution >= 0.6 is 11.6 Å². The first-order valence-corrected chi connectivity index (χ1v) is 7.70. The summed E-state index contributed by atoms with van der Waals surface area (Å²) in [5.41, 5.74) is 7.13. The number of rotatable bonds is 3. The van der Waals surface area contributed by atoms with Crippen molar-refractivity contribution in [3.8, 4) is 11.5 Å². The number of piperidine rings is 1. The molecule has 1 unspecified atom stereocenters. The van der Waals surface area contributed by atoms with E-state index in [1.807, 2.05) is 12.1 Å². The Bertz CT molecular complexity index is 475. The molecule has 20 heavy (non-hydrogen) atoms. The van der Waals surface area contributed by atoms with Gasteiger partial charge in [0, 0.05) is 12.6 Å². The van der Waals surface area contributed by atoms with Crippen LogP contribution in [-0.2, 0) is 0 Å². The van der Waals surface area contributed by atoms with Crippen LogP contribution in [0.15, 0.2) is 12.1 Å². The number of benzene rings is 1. The van der Waals surface area contributed by atoms with Crippen LogP contribution < -0.4 is 15.2 Å². The lowest BCUT2D eigenvalue weighted by Gasteiger charge is -2.34. The molecule has 4 nitrogen and oxygen atoms in total. The maximum Gasteiger partial charge on any atom is 0.179 e. The summed E-state index contributed by atoms with van der Waals surface area (Å²) in [4.78, 5) is 2.45. The van der Waals surface area contributed by atoms with E-state index in [0.717, 1.165) is 24.4 Å². The van der Waals surface area contributed by atoms with Crippen molar-refractivity contribution < 1.29 is 9.47 Å². The van der Waals surface area contributed by atoms with E-state index in [0.29, 0.717) is 30.5 Å². The summed E-state index contributed by atoms with van der Waals surface area (Å²) < 4.78 is 11.2. The van der Waals surface area contributed by atoms with E-state index in [1.165, 1.54) is 19.3 Å². The van der Waals surface area contributed by atoms with Gasteiger partial charge in [0.25, 0.3) is 0 Å². The lowest BCUT2D eigenvalue weighted by Crippen LogP contribution is -2.37. The van der Waals surface area contributed by atoms with Crippen LogP contribution in [0.3, 0.4) is 0 Å². The number of nitrogens with zero attached hydrogens (tertiary/aromatic N) is 1. The van der Waals surface area contributed by atoms with E-state index in [-0.39, 0.29) is 6.04 Å². The molecule has 2 aliphatic rings. The highest BCUT2D eigenvalue weighted by molar-refractivity contribution is 6.32. The first kappa shape index (κ1) is 14.0. The maximum atomic E-state index is 6.32. The third-order valence-electron chi connectivity index (χ3n) is 4.06. The predicted molar refractivity (Wildman–Crippen MR) is 79.7 cm³/mol. The molecule has 1 saturated heterocycles. The quantitative estimate of drug-likeness (QED) is 0.931. The molecular formula is C15H21ClN2O2. The van der Waals surface area contributed by atoms with Crippen molar-refractivity contribution in [1.29, 1.82) is 0 Å². The van der Waals surface area contributed by atoms with Crippen molar-refractivity contribution in [2.75, 3.05) is 32.8 Å². The average Bonchev–Trinajstić information content (AvgIpc) is 2.49. The lowest BCUT2D eigenvalue weighted by molar-refractivity contribution is 0.161. The third kappa shape index (κ3) is 2.73. The molecule has 3 rings (SSSR count). The van der Waals surface area contributed by atoms with Gasteiger partial charge in [-0.1, -0.05) is 18.0 Å². The minimum atomic E-state index is 0.212. The van der Waals surface area contributed by atoms with E-state index in [1.54, 1.807) is 0 Å². The number of hydrogen-bond donors (Lipinski definition) is 1. The fraction of sp³-hybridized carbons (Fsp3) is 0.600. The van der Waals surface area contributed by atoms with E-state index in [2.05, 4.69) is 4.90 Å². The molecule has 0 aliphatic carbocycles. The molecule has 0 spiro atoms. The highest BCUT2D eigenvalue weighted by atomic mass is 35.5. The van der Waals surface area contributed by atoms with Crippen molar-refractivity contribution in [1.82, 2.24) is 4.90 Å². The average molecular weight is 297 g/mol. The summed E-state index contributed by atoms with van der Waals surface area (Å²) in [7, 11) is 0. The van der Waals surface area contributed by atoms with Crippen molar-refractivity contribution in [2.45, 2.75) is 25.3 Å². The molecule has 1 fully saturated rings. The van der Waals surface area contributed by atoms with Crippen LogP contribution in [-0.4, -0.2) is 37.7 Å². The van der Waals surface area contributed by atoms with Gasteiger partial charge in [-0.05, 0) is 43.6 Å². The standard InChI is InChI=1S/C15H21ClN2O2/c16-12-8-11(9-14-15(12)20-7-6-19-14)13(10-17)18-4-2-1-3-5-18/h8-9,13H,1-7,10,17H2. The van der Waals surface area contributed by atoms with Gasteiger partial charge >= 0.3 is 0 Å². The minimum Gasteiger partial charge on any atom is -0.486 e. The van der Waals surface area contributed by atoms with Crippen LogP contribution in [0.4, 0.5) is 0 Å². The van der Waals surface area contributed by atoms with E-state index < -0.39 is 0 Å². The molecular weight excluding hydrogens is 276 g/mol. The first-order valence-electron chi connectivity index (χ1n) is 7.33. The zero-order valence-corrected chi connectivity index (χ0v) is 12.4. The van der Waals surface area contributed by atoms with Crippen LogP contribution in [0.5, 0.6) is 11.5 Å². The van der Waals surface area contributed by atoms with Crippen molar-refractivity contribution in [3.05, 3.63) is 22.7 Å². The molecule has 1 aromatic carbocycles. The second-order valence-electron chi connectivity index (χ2n) is 5.38. The van der Waals surface area contributed by atoms with E-state index >= 15 is 0 Å². The monoisotopic (exact) mass is 296 g/mol. The highest BCUT2D eigenvalue weighted by Gasteiger charge is 2.24.